The number of aliphatic imine (C=N–C) groups is 1. The van der Waals surface area contributed by atoms with Gasteiger partial charge < -0.3 is 15.2 Å². The molecular formula is C16H18ClN5O. The minimum absolute atomic E-state index is 0.424. The van der Waals surface area contributed by atoms with Crippen LogP contribution >= 0.6 is 11.6 Å². The zero-order valence-electron chi connectivity index (χ0n) is 12.8. The van der Waals surface area contributed by atoms with Gasteiger partial charge in [0.1, 0.15) is 0 Å². The summed E-state index contributed by atoms with van der Waals surface area (Å²) in [4.78, 5) is 8.75. The van der Waals surface area contributed by atoms with Gasteiger partial charge in [0, 0.05) is 23.6 Å². The molecule has 120 valence electrons. The van der Waals surface area contributed by atoms with E-state index in [4.69, 9.17) is 22.5 Å². The van der Waals surface area contributed by atoms with Crippen molar-refractivity contribution in [3.05, 3.63) is 35.2 Å². The third-order valence-corrected chi connectivity index (χ3v) is 3.12. The summed E-state index contributed by atoms with van der Waals surface area (Å²) in [5.74, 6) is 4.25. The van der Waals surface area contributed by atoms with E-state index in [1.807, 2.05) is 19.1 Å². The molecule has 0 atom stereocenters. The van der Waals surface area contributed by atoms with E-state index in [2.05, 4.69) is 31.7 Å². The highest BCUT2D eigenvalue weighted by molar-refractivity contribution is 6.30. The number of guanidine groups is 1. The third kappa shape index (κ3) is 5.31. The van der Waals surface area contributed by atoms with Crippen LogP contribution in [0.4, 0.5) is 0 Å². The van der Waals surface area contributed by atoms with Gasteiger partial charge in [0.15, 0.2) is 5.96 Å². The third-order valence-electron chi connectivity index (χ3n) is 2.87. The Morgan fingerprint density at radius 3 is 2.83 bits per heavy atom. The van der Waals surface area contributed by atoms with Crippen molar-refractivity contribution in [1.29, 1.82) is 0 Å². The predicted molar refractivity (Wildman–Crippen MR) is 91.3 cm³/mol. The molecule has 0 fully saturated rings. The first-order valence-corrected chi connectivity index (χ1v) is 7.65. The molecule has 0 radical (unpaired) electrons. The van der Waals surface area contributed by atoms with E-state index < -0.39 is 0 Å². The zero-order chi connectivity index (χ0) is 16.5. The van der Waals surface area contributed by atoms with Crippen LogP contribution in [0.5, 0.6) is 0 Å². The van der Waals surface area contributed by atoms with Crippen LogP contribution in [0.2, 0.25) is 5.02 Å². The first-order valence-electron chi connectivity index (χ1n) is 7.27. The fourth-order valence-corrected chi connectivity index (χ4v) is 1.94. The molecule has 0 bridgehead atoms. The average Bonchev–Trinajstić information content (AvgIpc) is 3.02. The Morgan fingerprint density at radius 2 is 2.13 bits per heavy atom. The number of hydrogen-bond donors (Lipinski definition) is 2. The first kappa shape index (κ1) is 16.8. The summed E-state index contributed by atoms with van der Waals surface area (Å²) in [6.45, 7) is 3.69. The molecule has 1 aromatic heterocycles. The SMILES string of the molecule is C#CCNC(=NCCc1nc(-c2ccc(Cl)cc2)no1)NCC. The van der Waals surface area contributed by atoms with E-state index in [0.717, 1.165) is 12.1 Å². The number of terminal acetylenes is 1. The average molecular weight is 332 g/mol. The summed E-state index contributed by atoms with van der Waals surface area (Å²) in [6.07, 6.45) is 5.77. The molecule has 2 rings (SSSR count). The minimum Gasteiger partial charge on any atom is -0.357 e. The molecule has 0 aliphatic carbocycles. The summed E-state index contributed by atoms with van der Waals surface area (Å²) < 4.78 is 5.24. The van der Waals surface area contributed by atoms with Crippen molar-refractivity contribution in [2.24, 2.45) is 4.99 Å². The molecule has 0 amide bonds. The lowest BCUT2D eigenvalue weighted by Crippen LogP contribution is -2.37. The van der Waals surface area contributed by atoms with Crippen LogP contribution in [-0.4, -0.2) is 35.7 Å². The van der Waals surface area contributed by atoms with Crippen molar-refractivity contribution in [2.75, 3.05) is 19.6 Å². The second-order valence-electron chi connectivity index (χ2n) is 4.59. The second kappa shape index (κ2) is 8.81. The van der Waals surface area contributed by atoms with E-state index >= 15 is 0 Å². The lowest BCUT2D eigenvalue weighted by Gasteiger charge is -2.07. The van der Waals surface area contributed by atoms with Crippen molar-refractivity contribution in [3.8, 4) is 23.7 Å². The van der Waals surface area contributed by atoms with Crippen LogP contribution in [0.15, 0.2) is 33.8 Å². The number of nitrogens with one attached hydrogen (secondary N) is 2. The van der Waals surface area contributed by atoms with Crippen LogP contribution < -0.4 is 10.6 Å². The Balaban J connectivity index is 1.93. The zero-order valence-corrected chi connectivity index (χ0v) is 13.6. The highest BCUT2D eigenvalue weighted by Gasteiger charge is 2.08. The van der Waals surface area contributed by atoms with E-state index in [9.17, 15) is 0 Å². The number of nitrogens with zero attached hydrogens (tertiary/aromatic N) is 3. The largest absolute Gasteiger partial charge is 0.357 e. The maximum atomic E-state index is 5.86. The molecule has 2 N–H and O–H groups in total. The van der Waals surface area contributed by atoms with Crippen molar-refractivity contribution >= 4 is 17.6 Å². The Labute approximate surface area is 140 Å². The Bertz CT molecular complexity index is 687. The minimum atomic E-state index is 0.424. The monoisotopic (exact) mass is 331 g/mol. The topological polar surface area (TPSA) is 75.3 Å². The van der Waals surface area contributed by atoms with E-state index in [-0.39, 0.29) is 0 Å². The second-order valence-corrected chi connectivity index (χ2v) is 5.02. The molecule has 0 saturated carbocycles. The molecular weight excluding hydrogens is 314 g/mol. The Morgan fingerprint density at radius 1 is 1.35 bits per heavy atom. The van der Waals surface area contributed by atoms with Crippen LogP contribution in [0.1, 0.15) is 12.8 Å². The Kier molecular flexibility index (Phi) is 6.45. The van der Waals surface area contributed by atoms with E-state index in [0.29, 0.717) is 42.2 Å². The van der Waals surface area contributed by atoms with Gasteiger partial charge in [0.2, 0.25) is 11.7 Å². The molecule has 6 nitrogen and oxygen atoms in total. The van der Waals surface area contributed by atoms with Gasteiger partial charge in [0.25, 0.3) is 0 Å². The Hall–Kier alpha value is -2.52. The molecule has 1 heterocycles. The number of hydrogen-bond acceptors (Lipinski definition) is 4. The van der Waals surface area contributed by atoms with Crippen LogP contribution in [-0.2, 0) is 6.42 Å². The van der Waals surface area contributed by atoms with Gasteiger partial charge in [-0.05, 0) is 31.2 Å². The molecule has 0 saturated heterocycles. The van der Waals surface area contributed by atoms with Gasteiger partial charge in [0.05, 0.1) is 13.1 Å². The smallest absolute Gasteiger partial charge is 0.228 e. The first-order chi connectivity index (χ1) is 11.2. The summed E-state index contributed by atoms with van der Waals surface area (Å²) in [7, 11) is 0. The summed E-state index contributed by atoms with van der Waals surface area (Å²) in [6, 6.07) is 7.28. The van der Waals surface area contributed by atoms with Gasteiger partial charge in [-0.1, -0.05) is 22.7 Å². The fraction of sp³-hybridized carbons (Fsp3) is 0.312. The maximum Gasteiger partial charge on any atom is 0.228 e. The standard InChI is InChI=1S/C16H18ClN5O/c1-3-10-19-16(18-4-2)20-11-9-14-21-15(22-23-14)12-5-7-13(17)8-6-12/h1,5-8H,4,9-11H2,2H3,(H2,18,19,20). The summed E-state index contributed by atoms with van der Waals surface area (Å²) in [5, 5.41) is 10.8. The van der Waals surface area contributed by atoms with Crippen molar-refractivity contribution in [2.45, 2.75) is 13.3 Å². The van der Waals surface area contributed by atoms with Gasteiger partial charge in [-0.2, -0.15) is 4.98 Å². The van der Waals surface area contributed by atoms with Crippen molar-refractivity contribution in [3.63, 3.8) is 0 Å². The molecule has 0 spiro atoms. The highest BCUT2D eigenvalue weighted by Crippen LogP contribution is 2.18. The molecule has 23 heavy (non-hydrogen) atoms. The molecule has 0 aliphatic heterocycles. The van der Waals surface area contributed by atoms with Crippen LogP contribution in [0, 0.1) is 12.3 Å². The van der Waals surface area contributed by atoms with Gasteiger partial charge in [-0.25, -0.2) is 0 Å². The van der Waals surface area contributed by atoms with Gasteiger partial charge in [-0.15, -0.1) is 6.42 Å². The summed E-state index contributed by atoms with van der Waals surface area (Å²) >= 11 is 5.86. The van der Waals surface area contributed by atoms with Crippen molar-refractivity contribution in [1.82, 2.24) is 20.8 Å². The predicted octanol–water partition coefficient (Wildman–Crippen LogP) is 2.12. The number of benzene rings is 1. The van der Waals surface area contributed by atoms with E-state index in [1.165, 1.54) is 0 Å². The quantitative estimate of drug-likeness (QED) is 0.482. The maximum absolute atomic E-state index is 5.86. The molecule has 0 unspecified atom stereocenters. The number of aromatic nitrogens is 2. The van der Waals surface area contributed by atoms with Crippen molar-refractivity contribution < 1.29 is 4.52 Å². The molecule has 7 heteroatoms. The van der Waals surface area contributed by atoms with E-state index in [1.54, 1.807) is 12.1 Å². The molecule has 2 aromatic rings. The number of halogens is 1. The van der Waals surface area contributed by atoms with Gasteiger partial charge in [-0.3, -0.25) is 4.99 Å². The molecule has 0 aliphatic rings. The fourth-order valence-electron chi connectivity index (χ4n) is 1.81. The molecule has 1 aromatic carbocycles. The van der Waals surface area contributed by atoms with Gasteiger partial charge >= 0.3 is 0 Å². The highest BCUT2D eigenvalue weighted by atomic mass is 35.5. The number of rotatable bonds is 6. The lowest BCUT2D eigenvalue weighted by atomic mass is 10.2. The summed E-state index contributed by atoms with van der Waals surface area (Å²) in [5.41, 5.74) is 0.858. The normalized spacial score (nSPS) is 11.1. The van der Waals surface area contributed by atoms with Crippen LogP contribution in [0.3, 0.4) is 0 Å². The lowest BCUT2D eigenvalue weighted by molar-refractivity contribution is 0.380. The van der Waals surface area contributed by atoms with Crippen LogP contribution in [0.25, 0.3) is 11.4 Å².